The number of carbonyl (C=O) groups is 1. The maximum atomic E-state index is 12.4. The van der Waals surface area contributed by atoms with E-state index in [4.69, 9.17) is 5.73 Å². The summed E-state index contributed by atoms with van der Waals surface area (Å²) in [6.07, 6.45) is 0.377. The van der Waals surface area contributed by atoms with Crippen LogP contribution >= 0.6 is 0 Å². The van der Waals surface area contributed by atoms with Crippen LogP contribution in [0.5, 0.6) is 0 Å². The molecule has 0 bridgehead atoms. The van der Waals surface area contributed by atoms with Crippen LogP contribution < -0.4 is 16.0 Å². The number of nitrogens with two attached hydrogens (primary N) is 1. The summed E-state index contributed by atoms with van der Waals surface area (Å²) in [6.45, 7) is 5.63. The van der Waals surface area contributed by atoms with Gasteiger partial charge in [-0.2, -0.15) is 0 Å². The lowest BCUT2D eigenvalue weighted by atomic mass is 10.2. The van der Waals surface area contributed by atoms with Gasteiger partial charge >= 0.3 is 0 Å². The summed E-state index contributed by atoms with van der Waals surface area (Å²) >= 11 is 0. The highest BCUT2D eigenvalue weighted by molar-refractivity contribution is 5.92. The molecule has 0 aromatic heterocycles. The van der Waals surface area contributed by atoms with E-state index in [1.807, 2.05) is 54.3 Å². The van der Waals surface area contributed by atoms with E-state index < -0.39 is 0 Å². The predicted molar refractivity (Wildman–Crippen MR) is 111 cm³/mol. The largest absolute Gasteiger partial charge is 0.370 e. The predicted octanol–water partition coefficient (Wildman–Crippen LogP) is 2.46. The molecular formula is C21H27N5O. The molecule has 1 saturated heterocycles. The summed E-state index contributed by atoms with van der Waals surface area (Å²) in [4.78, 5) is 20.9. The first-order valence-corrected chi connectivity index (χ1v) is 9.33. The molecular weight excluding hydrogens is 338 g/mol. The van der Waals surface area contributed by atoms with E-state index in [9.17, 15) is 4.79 Å². The van der Waals surface area contributed by atoms with Gasteiger partial charge in [-0.05, 0) is 31.2 Å². The molecule has 3 rings (SSSR count). The molecule has 0 atom stereocenters. The number of para-hydroxylation sites is 1. The maximum absolute atomic E-state index is 12.4. The summed E-state index contributed by atoms with van der Waals surface area (Å²) in [5.74, 6) is 0.468. The first-order chi connectivity index (χ1) is 13.1. The Bertz CT molecular complexity index is 765. The normalized spacial score (nSPS) is 14.9. The number of guanidine groups is 1. The van der Waals surface area contributed by atoms with Crippen molar-refractivity contribution >= 4 is 23.2 Å². The Kier molecular flexibility index (Phi) is 6.30. The molecule has 6 nitrogen and oxygen atoms in total. The number of carbonyl (C=O) groups excluding carboxylic acids is 1. The second-order valence-electron chi connectivity index (χ2n) is 6.71. The van der Waals surface area contributed by atoms with Gasteiger partial charge in [0.15, 0.2) is 5.96 Å². The third kappa shape index (κ3) is 5.48. The highest BCUT2D eigenvalue weighted by atomic mass is 16.2. The minimum atomic E-state index is 0.134. The number of hydrogen-bond donors (Lipinski definition) is 2. The zero-order chi connectivity index (χ0) is 19.1. The Hall–Kier alpha value is -3.02. The lowest BCUT2D eigenvalue weighted by Crippen LogP contribution is -2.48. The van der Waals surface area contributed by atoms with Gasteiger partial charge in [0.05, 0.1) is 6.54 Å². The average molecular weight is 365 g/mol. The molecule has 0 radical (unpaired) electrons. The minimum absolute atomic E-state index is 0.134. The van der Waals surface area contributed by atoms with E-state index >= 15 is 0 Å². The van der Waals surface area contributed by atoms with Gasteiger partial charge in [-0.1, -0.05) is 35.9 Å². The smallest absolute Gasteiger partial charge is 0.224 e. The number of nitrogens with zero attached hydrogens (tertiary/aromatic N) is 3. The molecule has 1 aliphatic rings. The molecule has 2 aromatic rings. The Morgan fingerprint density at radius 3 is 2.37 bits per heavy atom. The first kappa shape index (κ1) is 18.8. The molecule has 142 valence electrons. The lowest BCUT2D eigenvalue weighted by Gasteiger charge is -2.36. The number of rotatable bonds is 5. The van der Waals surface area contributed by atoms with Crippen LogP contribution in [0.15, 0.2) is 59.6 Å². The van der Waals surface area contributed by atoms with E-state index in [0.29, 0.717) is 18.9 Å². The van der Waals surface area contributed by atoms with Crippen LogP contribution in [-0.4, -0.2) is 49.5 Å². The van der Waals surface area contributed by atoms with Crippen molar-refractivity contribution in [3.05, 3.63) is 60.2 Å². The van der Waals surface area contributed by atoms with Gasteiger partial charge in [-0.25, -0.2) is 0 Å². The number of anilines is 2. The molecule has 0 spiro atoms. The fourth-order valence-electron chi connectivity index (χ4n) is 3.11. The number of aryl methyl sites for hydroxylation is 1. The van der Waals surface area contributed by atoms with Gasteiger partial charge in [-0.3, -0.25) is 9.79 Å². The summed E-state index contributed by atoms with van der Waals surface area (Å²) in [7, 11) is 0. The molecule has 0 unspecified atom stereocenters. The molecule has 3 N–H and O–H groups in total. The third-order valence-corrected chi connectivity index (χ3v) is 4.69. The molecule has 1 amide bonds. The van der Waals surface area contributed by atoms with Crippen molar-refractivity contribution < 1.29 is 4.79 Å². The monoisotopic (exact) mass is 365 g/mol. The van der Waals surface area contributed by atoms with E-state index in [2.05, 4.69) is 27.3 Å². The van der Waals surface area contributed by atoms with Gasteiger partial charge in [-0.15, -0.1) is 0 Å². The molecule has 6 heteroatoms. The molecule has 0 saturated carbocycles. The molecule has 0 aliphatic carbocycles. The second-order valence-corrected chi connectivity index (χ2v) is 6.71. The van der Waals surface area contributed by atoms with Gasteiger partial charge in [0.2, 0.25) is 5.91 Å². The topological polar surface area (TPSA) is 74.0 Å². The van der Waals surface area contributed by atoms with Crippen molar-refractivity contribution in [2.24, 2.45) is 10.7 Å². The van der Waals surface area contributed by atoms with Crippen molar-refractivity contribution in [2.45, 2.75) is 13.3 Å². The number of piperazine rings is 1. The number of benzene rings is 2. The zero-order valence-electron chi connectivity index (χ0n) is 15.8. The van der Waals surface area contributed by atoms with Gasteiger partial charge in [0.1, 0.15) is 0 Å². The van der Waals surface area contributed by atoms with Crippen molar-refractivity contribution in [1.29, 1.82) is 0 Å². The Labute approximate surface area is 160 Å². The van der Waals surface area contributed by atoms with Crippen LogP contribution in [0.1, 0.15) is 12.0 Å². The molecule has 1 aliphatic heterocycles. The molecule has 27 heavy (non-hydrogen) atoms. The minimum Gasteiger partial charge on any atom is -0.370 e. The fourth-order valence-corrected chi connectivity index (χ4v) is 3.11. The SMILES string of the molecule is Cc1ccc(NC(N)=NCCC(=O)N2CCN(c3ccccc3)CC2)cc1. The summed E-state index contributed by atoms with van der Waals surface area (Å²) in [5.41, 5.74) is 9.19. The maximum Gasteiger partial charge on any atom is 0.224 e. The zero-order valence-corrected chi connectivity index (χ0v) is 15.8. The quantitative estimate of drug-likeness (QED) is 0.631. The summed E-state index contributed by atoms with van der Waals surface area (Å²) in [5, 5.41) is 3.04. The first-order valence-electron chi connectivity index (χ1n) is 9.33. The van der Waals surface area contributed by atoms with Crippen molar-refractivity contribution in [3.63, 3.8) is 0 Å². The Morgan fingerprint density at radius 1 is 1.04 bits per heavy atom. The van der Waals surface area contributed by atoms with E-state index in [1.54, 1.807) is 0 Å². The van der Waals surface area contributed by atoms with E-state index in [0.717, 1.165) is 31.9 Å². The number of hydrogen-bond acceptors (Lipinski definition) is 3. The molecule has 1 heterocycles. The van der Waals surface area contributed by atoms with Crippen molar-refractivity contribution in [3.8, 4) is 0 Å². The van der Waals surface area contributed by atoms with E-state index in [1.165, 1.54) is 11.3 Å². The van der Waals surface area contributed by atoms with Crippen LogP contribution in [-0.2, 0) is 4.79 Å². The highest BCUT2D eigenvalue weighted by Crippen LogP contribution is 2.15. The second kappa shape index (κ2) is 9.07. The molecule has 2 aromatic carbocycles. The van der Waals surface area contributed by atoms with Crippen LogP contribution in [0.3, 0.4) is 0 Å². The highest BCUT2D eigenvalue weighted by Gasteiger charge is 2.20. The standard InChI is InChI=1S/C21H27N5O/c1-17-7-9-18(10-8-17)24-21(22)23-12-11-20(27)26-15-13-25(14-16-26)19-5-3-2-4-6-19/h2-10H,11-16H2,1H3,(H3,22,23,24). The van der Waals surface area contributed by atoms with Crippen molar-refractivity contribution in [2.75, 3.05) is 42.9 Å². The van der Waals surface area contributed by atoms with Crippen LogP contribution in [0, 0.1) is 6.92 Å². The average Bonchev–Trinajstić information content (AvgIpc) is 2.70. The van der Waals surface area contributed by atoms with Gasteiger partial charge in [0, 0.05) is 44.0 Å². The van der Waals surface area contributed by atoms with E-state index in [-0.39, 0.29) is 5.91 Å². The number of aliphatic imine (C=N–C) groups is 1. The number of nitrogens with one attached hydrogen (secondary N) is 1. The van der Waals surface area contributed by atoms with Crippen molar-refractivity contribution in [1.82, 2.24) is 4.90 Å². The fraction of sp³-hybridized carbons (Fsp3) is 0.333. The summed E-state index contributed by atoms with van der Waals surface area (Å²) < 4.78 is 0. The third-order valence-electron chi connectivity index (χ3n) is 4.69. The van der Waals surface area contributed by atoms with Crippen LogP contribution in [0.25, 0.3) is 0 Å². The number of amides is 1. The van der Waals surface area contributed by atoms with Crippen LogP contribution in [0.4, 0.5) is 11.4 Å². The summed E-state index contributed by atoms with van der Waals surface area (Å²) in [6, 6.07) is 18.2. The Balaban J connectivity index is 1.41. The van der Waals surface area contributed by atoms with Crippen LogP contribution in [0.2, 0.25) is 0 Å². The van der Waals surface area contributed by atoms with Gasteiger partial charge in [0.25, 0.3) is 0 Å². The Morgan fingerprint density at radius 2 is 1.70 bits per heavy atom. The molecule has 1 fully saturated rings. The lowest BCUT2D eigenvalue weighted by molar-refractivity contribution is -0.131. The van der Waals surface area contributed by atoms with Gasteiger partial charge < -0.3 is 20.9 Å².